The molecule has 30 heavy (non-hydrogen) atoms. The van der Waals surface area contributed by atoms with Crippen LogP contribution in [0.1, 0.15) is 47.9 Å². The Morgan fingerprint density at radius 2 is 1.90 bits per heavy atom. The number of nitrogens with zero attached hydrogens (tertiary/aromatic N) is 3. The van der Waals surface area contributed by atoms with Crippen molar-refractivity contribution in [3.8, 4) is 0 Å². The first-order chi connectivity index (χ1) is 14.5. The lowest BCUT2D eigenvalue weighted by Crippen LogP contribution is -2.38. The Hall–Kier alpha value is -2.87. The number of hydrogen-bond donors (Lipinski definition) is 1. The number of anilines is 1. The van der Waals surface area contributed by atoms with Gasteiger partial charge in [-0.2, -0.15) is 0 Å². The van der Waals surface area contributed by atoms with Crippen molar-refractivity contribution < 1.29 is 13.2 Å². The SMILES string of the molecule is O=C(c1cccc(N2CCCCS2(=O)=O)c1)N1CCCC1c1nc2ccccc2[nH]1. The Kier molecular flexibility index (Phi) is 4.73. The van der Waals surface area contributed by atoms with E-state index in [-0.39, 0.29) is 17.7 Å². The molecule has 1 N–H and O–H groups in total. The zero-order chi connectivity index (χ0) is 20.7. The summed E-state index contributed by atoms with van der Waals surface area (Å²) in [6.07, 6.45) is 3.28. The van der Waals surface area contributed by atoms with Crippen molar-refractivity contribution in [1.29, 1.82) is 0 Å². The van der Waals surface area contributed by atoms with Crippen LogP contribution in [0.2, 0.25) is 0 Å². The van der Waals surface area contributed by atoms with Crippen LogP contribution in [0.15, 0.2) is 48.5 Å². The zero-order valence-corrected chi connectivity index (χ0v) is 17.4. The van der Waals surface area contributed by atoms with E-state index in [1.165, 1.54) is 4.31 Å². The molecule has 156 valence electrons. The fourth-order valence-corrected chi connectivity index (χ4v) is 6.09. The number of sulfonamides is 1. The second kappa shape index (κ2) is 7.43. The van der Waals surface area contributed by atoms with E-state index in [4.69, 9.17) is 4.98 Å². The third kappa shape index (κ3) is 3.35. The number of aromatic nitrogens is 2. The van der Waals surface area contributed by atoms with E-state index in [0.29, 0.717) is 30.8 Å². The largest absolute Gasteiger partial charge is 0.340 e. The fraction of sp³-hybridized carbons (Fsp3) is 0.364. The molecule has 2 aromatic carbocycles. The quantitative estimate of drug-likeness (QED) is 0.698. The molecule has 7 nitrogen and oxygen atoms in total. The van der Waals surface area contributed by atoms with E-state index in [0.717, 1.165) is 36.1 Å². The first-order valence-corrected chi connectivity index (χ1v) is 12.0. The van der Waals surface area contributed by atoms with Gasteiger partial charge in [-0.25, -0.2) is 13.4 Å². The average molecular weight is 425 g/mol. The molecular formula is C22H24N4O3S. The molecule has 2 saturated heterocycles. The minimum Gasteiger partial charge on any atom is -0.340 e. The average Bonchev–Trinajstić information content (AvgIpc) is 3.39. The van der Waals surface area contributed by atoms with E-state index in [2.05, 4.69) is 4.98 Å². The maximum atomic E-state index is 13.4. The molecule has 1 atom stereocenters. The molecule has 0 spiro atoms. The number of carbonyl (C=O) groups excluding carboxylic acids is 1. The second-order valence-corrected chi connectivity index (χ2v) is 9.95. The van der Waals surface area contributed by atoms with Gasteiger partial charge in [0, 0.05) is 18.7 Å². The topological polar surface area (TPSA) is 86.4 Å². The fourth-order valence-electron chi connectivity index (χ4n) is 4.46. The van der Waals surface area contributed by atoms with Gasteiger partial charge in [-0.1, -0.05) is 18.2 Å². The summed E-state index contributed by atoms with van der Waals surface area (Å²) in [7, 11) is -3.31. The number of H-pyrrole nitrogens is 1. The molecule has 0 saturated carbocycles. The maximum absolute atomic E-state index is 13.4. The van der Waals surface area contributed by atoms with Gasteiger partial charge in [-0.3, -0.25) is 9.10 Å². The van der Waals surface area contributed by atoms with Gasteiger partial charge in [0.1, 0.15) is 5.82 Å². The molecule has 0 radical (unpaired) electrons. The molecular weight excluding hydrogens is 400 g/mol. The van der Waals surface area contributed by atoms with Crippen LogP contribution < -0.4 is 4.31 Å². The van der Waals surface area contributed by atoms with E-state index in [9.17, 15) is 13.2 Å². The second-order valence-electron chi connectivity index (χ2n) is 7.94. The highest BCUT2D eigenvalue weighted by Crippen LogP contribution is 2.33. The van der Waals surface area contributed by atoms with Gasteiger partial charge in [-0.05, 0) is 56.0 Å². The molecule has 1 unspecified atom stereocenters. The molecule has 3 heterocycles. The summed E-state index contributed by atoms with van der Waals surface area (Å²) in [6, 6.07) is 14.7. The van der Waals surface area contributed by atoms with Crippen LogP contribution in [0.25, 0.3) is 11.0 Å². The van der Waals surface area contributed by atoms with E-state index in [1.807, 2.05) is 29.2 Å². The first kappa shape index (κ1) is 19.1. The van der Waals surface area contributed by atoms with Gasteiger partial charge in [0.05, 0.1) is 28.5 Å². The van der Waals surface area contributed by atoms with Crippen LogP contribution in [-0.4, -0.2) is 48.0 Å². The summed E-state index contributed by atoms with van der Waals surface area (Å²) in [6.45, 7) is 1.12. The van der Waals surface area contributed by atoms with Crippen molar-refractivity contribution in [2.24, 2.45) is 0 Å². The normalized spacial score (nSPS) is 21.3. The van der Waals surface area contributed by atoms with Crippen molar-refractivity contribution in [3.63, 3.8) is 0 Å². The third-order valence-corrected chi connectivity index (χ3v) is 7.84. The number of amides is 1. The summed E-state index contributed by atoms with van der Waals surface area (Å²) in [5.74, 6) is 0.872. The van der Waals surface area contributed by atoms with E-state index in [1.54, 1.807) is 24.3 Å². The lowest BCUT2D eigenvalue weighted by Gasteiger charge is -2.29. The van der Waals surface area contributed by atoms with Crippen LogP contribution in [0.5, 0.6) is 0 Å². The van der Waals surface area contributed by atoms with Gasteiger partial charge in [0.15, 0.2) is 0 Å². The van der Waals surface area contributed by atoms with Gasteiger partial charge in [-0.15, -0.1) is 0 Å². The predicted octanol–water partition coefficient (Wildman–Crippen LogP) is 3.47. The standard InChI is InChI=1S/C22H24N4O3S/c27-22(16-7-5-8-17(15-16)26-13-3-4-14-30(26,28)29)25-12-6-11-20(25)21-23-18-9-1-2-10-19(18)24-21/h1-2,5,7-10,15,20H,3-4,6,11-14H2,(H,23,24). The van der Waals surface area contributed by atoms with Crippen molar-refractivity contribution in [2.75, 3.05) is 23.1 Å². The predicted molar refractivity (Wildman–Crippen MR) is 116 cm³/mol. The van der Waals surface area contributed by atoms with Crippen LogP contribution in [0.3, 0.4) is 0 Å². The summed E-state index contributed by atoms with van der Waals surface area (Å²) >= 11 is 0. The molecule has 8 heteroatoms. The van der Waals surface area contributed by atoms with Crippen LogP contribution >= 0.6 is 0 Å². The summed E-state index contributed by atoms with van der Waals surface area (Å²) in [5, 5.41) is 0. The Labute approximate surface area is 175 Å². The van der Waals surface area contributed by atoms with Crippen molar-refractivity contribution in [1.82, 2.24) is 14.9 Å². The van der Waals surface area contributed by atoms with Crippen LogP contribution in [0, 0.1) is 0 Å². The van der Waals surface area contributed by atoms with Crippen LogP contribution in [-0.2, 0) is 10.0 Å². The monoisotopic (exact) mass is 424 g/mol. The third-order valence-electron chi connectivity index (χ3n) is 5.97. The molecule has 2 fully saturated rings. The van der Waals surface area contributed by atoms with Gasteiger partial charge >= 0.3 is 0 Å². The Bertz CT molecular complexity index is 1170. The number of aromatic amines is 1. The van der Waals surface area contributed by atoms with E-state index < -0.39 is 10.0 Å². The molecule has 1 amide bonds. The number of likely N-dealkylation sites (tertiary alicyclic amines) is 1. The number of carbonyl (C=O) groups is 1. The van der Waals surface area contributed by atoms with Crippen molar-refractivity contribution >= 4 is 32.7 Å². The smallest absolute Gasteiger partial charge is 0.254 e. The Morgan fingerprint density at radius 1 is 1.03 bits per heavy atom. The summed E-state index contributed by atoms with van der Waals surface area (Å²) < 4.78 is 26.4. The lowest BCUT2D eigenvalue weighted by atomic mass is 10.1. The minimum atomic E-state index is -3.31. The molecule has 5 rings (SSSR count). The minimum absolute atomic E-state index is 0.0887. The zero-order valence-electron chi connectivity index (χ0n) is 16.6. The molecule has 3 aromatic rings. The Morgan fingerprint density at radius 3 is 2.73 bits per heavy atom. The number of hydrogen-bond acceptors (Lipinski definition) is 4. The van der Waals surface area contributed by atoms with Gasteiger partial charge in [0.2, 0.25) is 10.0 Å². The number of fused-ring (bicyclic) bond motifs is 1. The highest BCUT2D eigenvalue weighted by Gasteiger charge is 2.33. The molecule has 2 aliphatic heterocycles. The number of rotatable bonds is 3. The van der Waals surface area contributed by atoms with Crippen molar-refractivity contribution in [2.45, 2.75) is 31.7 Å². The molecule has 0 bridgehead atoms. The molecule has 0 aliphatic carbocycles. The van der Waals surface area contributed by atoms with Crippen LogP contribution in [0.4, 0.5) is 5.69 Å². The Balaban J connectivity index is 1.44. The highest BCUT2D eigenvalue weighted by molar-refractivity contribution is 7.92. The van der Waals surface area contributed by atoms with Gasteiger partial charge in [0.25, 0.3) is 5.91 Å². The molecule has 1 aromatic heterocycles. The number of benzene rings is 2. The number of nitrogens with one attached hydrogen (secondary N) is 1. The first-order valence-electron chi connectivity index (χ1n) is 10.4. The lowest BCUT2D eigenvalue weighted by molar-refractivity contribution is 0.0730. The van der Waals surface area contributed by atoms with Gasteiger partial charge < -0.3 is 9.88 Å². The number of para-hydroxylation sites is 2. The van der Waals surface area contributed by atoms with E-state index >= 15 is 0 Å². The number of imidazole rings is 1. The van der Waals surface area contributed by atoms with Crippen molar-refractivity contribution in [3.05, 3.63) is 59.9 Å². The summed E-state index contributed by atoms with van der Waals surface area (Å²) in [5.41, 5.74) is 2.93. The maximum Gasteiger partial charge on any atom is 0.254 e. The highest BCUT2D eigenvalue weighted by atomic mass is 32.2. The summed E-state index contributed by atoms with van der Waals surface area (Å²) in [4.78, 5) is 23.3. The molecule has 2 aliphatic rings.